The molecule has 0 fully saturated rings. The molecule has 3 rings (SSSR count). The predicted molar refractivity (Wildman–Crippen MR) is 90.5 cm³/mol. The second-order valence-corrected chi connectivity index (χ2v) is 5.69. The number of carbonyl (C=O) groups excluding carboxylic acids is 1. The number of amides is 1. The van der Waals surface area contributed by atoms with Crippen LogP contribution in [0.5, 0.6) is 0 Å². The fourth-order valence-corrected chi connectivity index (χ4v) is 2.99. The van der Waals surface area contributed by atoms with Crippen LogP contribution in [0.3, 0.4) is 0 Å². The van der Waals surface area contributed by atoms with Crippen LogP contribution in [0, 0.1) is 0 Å². The molecule has 1 aromatic heterocycles. The predicted octanol–water partition coefficient (Wildman–Crippen LogP) is 2.52. The van der Waals surface area contributed by atoms with E-state index in [-0.39, 0.29) is 5.91 Å². The van der Waals surface area contributed by atoms with Gasteiger partial charge in [0.25, 0.3) is 5.91 Å². The highest BCUT2D eigenvalue weighted by atomic mass is 16.2. The molecule has 23 heavy (non-hydrogen) atoms. The summed E-state index contributed by atoms with van der Waals surface area (Å²) in [7, 11) is 0. The molecule has 0 bridgehead atoms. The minimum Gasteiger partial charge on any atom is -0.356 e. The summed E-state index contributed by atoms with van der Waals surface area (Å²) >= 11 is 0. The molecule has 1 aromatic carbocycles. The van der Waals surface area contributed by atoms with Crippen LogP contribution in [-0.4, -0.2) is 40.6 Å². The van der Waals surface area contributed by atoms with Crippen LogP contribution in [0.25, 0.3) is 0 Å². The first kappa shape index (κ1) is 15.5. The average Bonchev–Trinajstić information content (AvgIpc) is 2.62. The second kappa shape index (κ2) is 6.77. The number of hydrogen-bond acceptors (Lipinski definition) is 4. The van der Waals surface area contributed by atoms with E-state index >= 15 is 0 Å². The van der Waals surface area contributed by atoms with Crippen molar-refractivity contribution < 1.29 is 4.79 Å². The zero-order valence-corrected chi connectivity index (χ0v) is 13.7. The number of benzene rings is 1. The maximum atomic E-state index is 12.6. The number of nitrogens with zero attached hydrogens (tertiary/aromatic N) is 4. The lowest BCUT2D eigenvalue weighted by Crippen LogP contribution is -2.36. The SMILES string of the molecule is CCN(CC)c1ccc(C(=O)N2CCc3ccccc3C2)nn1. The lowest BCUT2D eigenvalue weighted by molar-refractivity contribution is 0.0727. The van der Waals surface area contributed by atoms with Gasteiger partial charge in [-0.2, -0.15) is 0 Å². The van der Waals surface area contributed by atoms with Crippen LogP contribution in [0.4, 0.5) is 5.82 Å². The molecule has 0 spiro atoms. The van der Waals surface area contributed by atoms with E-state index in [9.17, 15) is 4.79 Å². The van der Waals surface area contributed by atoms with E-state index in [4.69, 9.17) is 0 Å². The molecular weight excluding hydrogens is 288 g/mol. The Kier molecular flexibility index (Phi) is 4.55. The van der Waals surface area contributed by atoms with Gasteiger partial charge in [0.2, 0.25) is 0 Å². The molecule has 0 saturated heterocycles. The lowest BCUT2D eigenvalue weighted by Gasteiger charge is -2.28. The smallest absolute Gasteiger partial charge is 0.274 e. The molecule has 0 aliphatic carbocycles. The third-order valence-electron chi connectivity index (χ3n) is 4.37. The summed E-state index contributed by atoms with van der Waals surface area (Å²) in [6.07, 6.45) is 0.896. The number of rotatable bonds is 4. The Hall–Kier alpha value is -2.43. The van der Waals surface area contributed by atoms with E-state index in [1.54, 1.807) is 6.07 Å². The summed E-state index contributed by atoms with van der Waals surface area (Å²) in [5.41, 5.74) is 2.97. The van der Waals surface area contributed by atoms with Crippen molar-refractivity contribution in [3.05, 3.63) is 53.2 Å². The van der Waals surface area contributed by atoms with Crippen molar-refractivity contribution in [2.75, 3.05) is 24.5 Å². The summed E-state index contributed by atoms with van der Waals surface area (Å²) in [5, 5.41) is 8.35. The number of aromatic nitrogens is 2. The fourth-order valence-electron chi connectivity index (χ4n) is 2.99. The summed E-state index contributed by atoms with van der Waals surface area (Å²) in [4.78, 5) is 16.6. The van der Waals surface area contributed by atoms with Crippen molar-refractivity contribution in [3.63, 3.8) is 0 Å². The number of anilines is 1. The number of hydrogen-bond donors (Lipinski definition) is 0. The Balaban J connectivity index is 1.74. The van der Waals surface area contributed by atoms with Crippen molar-refractivity contribution in [2.24, 2.45) is 0 Å². The molecule has 1 aliphatic rings. The van der Waals surface area contributed by atoms with Gasteiger partial charge in [-0.05, 0) is 43.5 Å². The van der Waals surface area contributed by atoms with Crippen LogP contribution < -0.4 is 4.90 Å². The maximum Gasteiger partial charge on any atom is 0.274 e. The van der Waals surface area contributed by atoms with Crippen LogP contribution in [0.1, 0.15) is 35.5 Å². The lowest BCUT2D eigenvalue weighted by atomic mass is 10.00. The molecule has 0 atom stereocenters. The van der Waals surface area contributed by atoms with E-state index in [2.05, 4.69) is 41.1 Å². The first-order chi connectivity index (χ1) is 11.2. The highest BCUT2D eigenvalue weighted by Crippen LogP contribution is 2.20. The molecule has 0 unspecified atom stereocenters. The Morgan fingerprint density at radius 3 is 2.48 bits per heavy atom. The third kappa shape index (κ3) is 3.18. The van der Waals surface area contributed by atoms with E-state index in [0.29, 0.717) is 12.2 Å². The molecule has 1 amide bonds. The van der Waals surface area contributed by atoms with Gasteiger partial charge in [0.15, 0.2) is 11.5 Å². The Bertz CT molecular complexity index is 680. The Labute approximate surface area is 136 Å². The van der Waals surface area contributed by atoms with Crippen LogP contribution in [0.2, 0.25) is 0 Å². The molecule has 0 saturated carbocycles. The van der Waals surface area contributed by atoms with Gasteiger partial charge in [-0.15, -0.1) is 10.2 Å². The average molecular weight is 310 g/mol. The van der Waals surface area contributed by atoms with Crippen molar-refractivity contribution in [1.29, 1.82) is 0 Å². The minimum absolute atomic E-state index is 0.0434. The van der Waals surface area contributed by atoms with Crippen LogP contribution in [0.15, 0.2) is 36.4 Å². The van der Waals surface area contributed by atoms with Gasteiger partial charge >= 0.3 is 0 Å². The minimum atomic E-state index is -0.0434. The monoisotopic (exact) mass is 310 g/mol. The van der Waals surface area contributed by atoms with E-state index in [0.717, 1.165) is 31.9 Å². The van der Waals surface area contributed by atoms with Gasteiger partial charge in [0, 0.05) is 26.2 Å². The molecular formula is C18H22N4O. The van der Waals surface area contributed by atoms with Crippen molar-refractivity contribution in [3.8, 4) is 0 Å². The summed E-state index contributed by atoms with van der Waals surface area (Å²) in [6, 6.07) is 12.0. The molecule has 0 N–H and O–H groups in total. The number of fused-ring (bicyclic) bond motifs is 1. The van der Waals surface area contributed by atoms with Crippen molar-refractivity contribution in [2.45, 2.75) is 26.8 Å². The van der Waals surface area contributed by atoms with Crippen molar-refractivity contribution >= 4 is 11.7 Å². The van der Waals surface area contributed by atoms with Gasteiger partial charge in [-0.1, -0.05) is 24.3 Å². The molecule has 0 radical (unpaired) electrons. The zero-order chi connectivity index (χ0) is 16.2. The number of carbonyl (C=O) groups is 1. The standard InChI is InChI=1S/C18H22N4O/c1-3-21(4-2)17-10-9-16(19-20-17)18(23)22-12-11-14-7-5-6-8-15(14)13-22/h5-10H,3-4,11-13H2,1-2H3. The van der Waals surface area contributed by atoms with Gasteiger partial charge in [0.05, 0.1) is 0 Å². The van der Waals surface area contributed by atoms with E-state index in [1.807, 2.05) is 23.1 Å². The summed E-state index contributed by atoms with van der Waals surface area (Å²) < 4.78 is 0. The molecule has 120 valence electrons. The quantitative estimate of drug-likeness (QED) is 0.871. The second-order valence-electron chi connectivity index (χ2n) is 5.69. The zero-order valence-electron chi connectivity index (χ0n) is 13.7. The fraction of sp³-hybridized carbons (Fsp3) is 0.389. The largest absolute Gasteiger partial charge is 0.356 e. The molecule has 5 nitrogen and oxygen atoms in total. The maximum absolute atomic E-state index is 12.6. The first-order valence-corrected chi connectivity index (χ1v) is 8.17. The highest BCUT2D eigenvalue weighted by molar-refractivity contribution is 5.92. The van der Waals surface area contributed by atoms with Crippen molar-refractivity contribution in [1.82, 2.24) is 15.1 Å². The van der Waals surface area contributed by atoms with Crippen LogP contribution >= 0.6 is 0 Å². The Morgan fingerprint density at radius 2 is 1.83 bits per heavy atom. The van der Waals surface area contributed by atoms with Gasteiger partial charge in [-0.25, -0.2) is 0 Å². The van der Waals surface area contributed by atoms with Crippen LogP contribution in [-0.2, 0) is 13.0 Å². The Morgan fingerprint density at radius 1 is 1.09 bits per heavy atom. The van der Waals surface area contributed by atoms with Gasteiger partial charge in [0.1, 0.15) is 0 Å². The van der Waals surface area contributed by atoms with E-state index < -0.39 is 0 Å². The highest BCUT2D eigenvalue weighted by Gasteiger charge is 2.22. The van der Waals surface area contributed by atoms with E-state index in [1.165, 1.54) is 11.1 Å². The first-order valence-electron chi connectivity index (χ1n) is 8.17. The third-order valence-corrected chi connectivity index (χ3v) is 4.37. The van der Waals surface area contributed by atoms with Gasteiger partial charge in [-0.3, -0.25) is 4.79 Å². The summed E-state index contributed by atoms with van der Waals surface area (Å²) in [5.74, 6) is 0.772. The van der Waals surface area contributed by atoms with Gasteiger partial charge < -0.3 is 9.80 Å². The summed E-state index contributed by atoms with van der Waals surface area (Å²) in [6.45, 7) is 7.29. The molecule has 5 heteroatoms. The molecule has 1 aliphatic heterocycles. The molecule has 2 heterocycles. The topological polar surface area (TPSA) is 49.3 Å². The normalized spacial score (nSPS) is 13.6. The molecule has 2 aromatic rings.